The van der Waals surface area contributed by atoms with Crippen molar-refractivity contribution < 1.29 is 75.4 Å². The first kappa shape index (κ1) is 75.9. The zero-order valence-electron chi connectivity index (χ0n) is 44.5. The van der Waals surface area contributed by atoms with Gasteiger partial charge in [0, 0.05) is 21.1 Å². The second kappa shape index (κ2) is 72.5. The van der Waals surface area contributed by atoms with E-state index in [2.05, 4.69) is 83.1 Å². The quantitative estimate of drug-likeness (QED) is 0.0427. The number of unbranched alkanes of at least 4 members (excludes halogenated alkanes) is 12. The summed E-state index contributed by atoms with van der Waals surface area (Å²) in [4.78, 5) is 0. The van der Waals surface area contributed by atoms with Gasteiger partial charge in [-0.3, -0.25) is 0 Å². The Balaban J connectivity index is -0.000000245. The van der Waals surface area contributed by atoms with Crippen LogP contribution in [0.5, 0.6) is 0 Å². The number of hydrogen-bond donors (Lipinski definition) is 0. The molecule has 0 rings (SSSR count). The molecule has 0 aromatic carbocycles. The summed E-state index contributed by atoms with van der Waals surface area (Å²) in [6.45, 7) is 34.9. The Morgan fingerprint density at radius 3 is 0.308 bits per heavy atom. The molecular formula is C48H108O12P4Pt. The van der Waals surface area contributed by atoms with Crippen LogP contribution in [-0.4, -0.2) is 79.3 Å². The van der Waals surface area contributed by atoms with Crippen LogP contribution in [-0.2, 0) is 75.4 Å². The van der Waals surface area contributed by atoms with E-state index >= 15 is 0 Å². The minimum absolute atomic E-state index is 0. The van der Waals surface area contributed by atoms with Crippen LogP contribution in [0.2, 0.25) is 0 Å². The summed E-state index contributed by atoms with van der Waals surface area (Å²) in [6.07, 6.45) is 26.7. The molecule has 17 heteroatoms. The smallest absolute Gasteiger partial charge is 0.312 e. The predicted octanol–water partition coefficient (Wildman–Crippen LogP) is 18.7. The van der Waals surface area contributed by atoms with Gasteiger partial charge in [0.1, 0.15) is 0 Å². The van der Waals surface area contributed by atoms with Gasteiger partial charge in [-0.2, -0.15) is 0 Å². The largest absolute Gasteiger partial charge is 0.332 e. The third-order valence-corrected chi connectivity index (χ3v) is 13.1. The van der Waals surface area contributed by atoms with Crippen molar-refractivity contribution in [1.82, 2.24) is 0 Å². The fraction of sp³-hybridized carbons (Fsp3) is 1.00. The van der Waals surface area contributed by atoms with E-state index in [1.54, 1.807) is 0 Å². The van der Waals surface area contributed by atoms with Crippen LogP contribution >= 0.6 is 34.4 Å². The molecular weight excluding hydrogens is 1090 g/mol. The Morgan fingerprint density at radius 2 is 0.246 bits per heavy atom. The van der Waals surface area contributed by atoms with Gasteiger partial charge in [-0.05, 0) is 77.0 Å². The normalized spacial score (nSPS) is 11.1. The molecule has 0 atom stereocenters. The van der Waals surface area contributed by atoms with E-state index in [9.17, 15) is 0 Å². The maximum atomic E-state index is 5.60. The van der Waals surface area contributed by atoms with Gasteiger partial charge in [-0.25, -0.2) is 0 Å². The summed E-state index contributed by atoms with van der Waals surface area (Å²) in [5, 5.41) is 0. The first-order valence-corrected chi connectivity index (χ1v) is 30.5. The van der Waals surface area contributed by atoms with E-state index in [1.807, 2.05) is 0 Å². The van der Waals surface area contributed by atoms with Gasteiger partial charge < -0.3 is 54.3 Å². The maximum Gasteiger partial charge on any atom is 0.332 e. The third-order valence-electron chi connectivity index (χ3n) is 8.34. The van der Waals surface area contributed by atoms with E-state index in [-0.39, 0.29) is 21.1 Å². The van der Waals surface area contributed by atoms with E-state index in [0.717, 1.165) is 233 Å². The molecule has 0 fully saturated rings. The van der Waals surface area contributed by atoms with Crippen molar-refractivity contribution in [3.63, 3.8) is 0 Å². The summed E-state index contributed by atoms with van der Waals surface area (Å²) in [6, 6.07) is 0. The first-order valence-electron chi connectivity index (χ1n) is 26.1. The molecule has 0 aromatic rings. The molecule has 0 N–H and O–H groups in total. The van der Waals surface area contributed by atoms with Crippen molar-refractivity contribution in [2.24, 2.45) is 0 Å². The van der Waals surface area contributed by atoms with Crippen molar-refractivity contribution >= 4 is 34.4 Å². The fourth-order valence-corrected chi connectivity index (χ4v) is 8.08. The SMILES string of the molecule is CCCCOP(OCCCC)OCCCC.CCCCOP(OCCCC)OCCCC.CCCCOP(OCCCC)OCCCC.CCCCOP(OCCCC)OCCCC.[Pt]. The second-order valence-corrected chi connectivity index (χ2v) is 20.0. The van der Waals surface area contributed by atoms with Gasteiger partial charge in [0.25, 0.3) is 0 Å². The molecule has 0 aliphatic heterocycles. The third kappa shape index (κ3) is 70.3. The summed E-state index contributed by atoms with van der Waals surface area (Å²) < 4.78 is 67.2. The Labute approximate surface area is 424 Å². The summed E-state index contributed by atoms with van der Waals surface area (Å²) in [5.41, 5.74) is 0. The molecule has 65 heavy (non-hydrogen) atoms. The molecule has 0 heterocycles. The molecule has 0 aromatic heterocycles. The number of rotatable bonds is 48. The zero-order chi connectivity index (χ0) is 48.3. The summed E-state index contributed by atoms with van der Waals surface area (Å²) >= 11 is 0. The molecule has 0 bridgehead atoms. The molecule has 12 nitrogen and oxygen atoms in total. The molecule has 0 aliphatic rings. The van der Waals surface area contributed by atoms with E-state index in [4.69, 9.17) is 54.3 Å². The van der Waals surface area contributed by atoms with Crippen molar-refractivity contribution in [3.8, 4) is 0 Å². The van der Waals surface area contributed by atoms with Gasteiger partial charge in [0.05, 0.1) is 79.3 Å². The molecule has 0 unspecified atom stereocenters. The average molecular weight is 1200 g/mol. The predicted molar refractivity (Wildman–Crippen MR) is 278 cm³/mol. The van der Waals surface area contributed by atoms with Crippen molar-refractivity contribution in [2.45, 2.75) is 237 Å². The standard InChI is InChI=1S/4C12H27O3P.Pt/c4*1-4-7-10-13-16(14-11-8-5-2)15-12-9-6-3;/h4*4-12H2,1-3H3;. The van der Waals surface area contributed by atoms with Crippen LogP contribution in [0.4, 0.5) is 0 Å². The molecule has 0 aliphatic carbocycles. The van der Waals surface area contributed by atoms with Gasteiger partial charge in [0.15, 0.2) is 0 Å². The molecule has 0 saturated carbocycles. The van der Waals surface area contributed by atoms with Crippen molar-refractivity contribution in [3.05, 3.63) is 0 Å². The average Bonchev–Trinajstić information content (AvgIpc) is 3.30. The van der Waals surface area contributed by atoms with Crippen molar-refractivity contribution in [1.29, 1.82) is 0 Å². The van der Waals surface area contributed by atoms with Crippen LogP contribution in [0.25, 0.3) is 0 Å². The molecule has 0 amide bonds. The van der Waals surface area contributed by atoms with Crippen LogP contribution < -0.4 is 0 Å². The second-order valence-electron chi connectivity index (χ2n) is 15.1. The topological polar surface area (TPSA) is 111 Å². The Kier molecular flexibility index (Phi) is 84.6. The van der Waals surface area contributed by atoms with E-state index in [0.29, 0.717) is 0 Å². The van der Waals surface area contributed by atoms with Gasteiger partial charge in [0.2, 0.25) is 0 Å². The van der Waals surface area contributed by atoms with Crippen LogP contribution in [0.1, 0.15) is 237 Å². The fourth-order valence-electron chi connectivity index (χ4n) is 3.85. The first-order chi connectivity index (χ1) is 31.4. The Morgan fingerprint density at radius 1 is 0.169 bits per heavy atom. The Bertz CT molecular complexity index is 566. The minimum Gasteiger partial charge on any atom is -0.312 e. The van der Waals surface area contributed by atoms with Crippen LogP contribution in [0.15, 0.2) is 0 Å². The minimum atomic E-state index is -1.10. The zero-order valence-corrected chi connectivity index (χ0v) is 50.3. The molecule has 402 valence electrons. The summed E-state index contributed by atoms with van der Waals surface area (Å²) in [7, 11) is -4.38. The van der Waals surface area contributed by atoms with E-state index in [1.165, 1.54) is 0 Å². The summed E-state index contributed by atoms with van der Waals surface area (Å²) in [5.74, 6) is 0. The van der Waals surface area contributed by atoms with Gasteiger partial charge >= 0.3 is 34.4 Å². The monoisotopic (exact) mass is 1200 g/mol. The molecule has 0 radical (unpaired) electrons. The Hall–Kier alpha value is 1.93. The van der Waals surface area contributed by atoms with E-state index < -0.39 is 34.4 Å². The van der Waals surface area contributed by atoms with Gasteiger partial charge in [-0.1, -0.05) is 160 Å². The van der Waals surface area contributed by atoms with Crippen LogP contribution in [0, 0.1) is 0 Å². The van der Waals surface area contributed by atoms with Crippen molar-refractivity contribution in [2.75, 3.05) is 79.3 Å². The van der Waals surface area contributed by atoms with Gasteiger partial charge in [-0.15, -0.1) is 0 Å². The molecule has 0 spiro atoms. The maximum absolute atomic E-state index is 5.60. The van der Waals surface area contributed by atoms with Crippen LogP contribution in [0.3, 0.4) is 0 Å². The molecule has 0 saturated heterocycles. The number of hydrogen-bond acceptors (Lipinski definition) is 12.